The smallest absolute Gasteiger partial charge is 0.234 e. The summed E-state index contributed by atoms with van der Waals surface area (Å²) < 4.78 is 7.01. The van der Waals surface area contributed by atoms with Gasteiger partial charge in [-0.15, -0.1) is 22.0 Å². The average Bonchev–Trinajstić information content (AvgIpc) is 3.23. The number of aryl methyl sites for hydroxylation is 1. The second-order valence-electron chi connectivity index (χ2n) is 6.34. The maximum atomic E-state index is 12.2. The fraction of sp³-hybridized carbons (Fsp3) is 0.238. The number of hydrogen-bond donors (Lipinski definition) is 2. The molecule has 2 N–H and O–H groups in total. The lowest BCUT2D eigenvalue weighted by atomic mass is 10.2. The molecule has 3 aromatic rings. The Morgan fingerprint density at radius 2 is 1.73 bits per heavy atom. The van der Waals surface area contributed by atoms with Crippen LogP contribution in [-0.2, 0) is 16.1 Å². The molecule has 0 atom stereocenters. The lowest BCUT2D eigenvalue weighted by Crippen LogP contribution is -2.18. The monoisotopic (exact) mass is 425 g/mol. The number of carbonyl (C=O) groups is 2. The van der Waals surface area contributed by atoms with Crippen LogP contribution >= 0.6 is 11.8 Å². The Balaban J connectivity index is 1.46. The van der Waals surface area contributed by atoms with Crippen molar-refractivity contribution in [2.45, 2.75) is 13.5 Å². The number of benzene rings is 2. The van der Waals surface area contributed by atoms with Crippen LogP contribution in [0.15, 0.2) is 54.9 Å². The van der Waals surface area contributed by atoms with E-state index in [4.69, 9.17) is 4.74 Å². The number of nitrogens with zero attached hydrogens (tertiary/aromatic N) is 3. The zero-order valence-corrected chi connectivity index (χ0v) is 17.6. The Morgan fingerprint density at radius 3 is 2.40 bits per heavy atom. The van der Waals surface area contributed by atoms with Gasteiger partial charge in [-0.3, -0.25) is 9.59 Å². The molecule has 1 aromatic heterocycles. The molecule has 9 heteroatoms. The highest BCUT2D eigenvalue weighted by atomic mass is 32.2. The summed E-state index contributed by atoms with van der Waals surface area (Å²) in [5.41, 5.74) is 2.23. The van der Waals surface area contributed by atoms with Crippen molar-refractivity contribution in [2.75, 3.05) is 29.2 Å². The first-order valence-corrected chi connectivity index (χ1v) is 10.5. The molecular formula is C21H23N5O3S. The van der Waals surface area contributed by atoms with Gasteiger partial charge in [0.25, 0.3) is 0 Å². The molecule has 8 nitrogen and oxygen atoms in total. The van der Waals surface area contributed by atoms with Gasteiger partial charge in [0.05, 0.1) is 18.6 Å². The van der Waals surface area contributed by atoms with Gasteiger partial charge < -0.3 is 19.9 Å². The van der Waals surface area contributed by atoms with Crippen LogP contribution in [0, 0.1) is 0 Å². The SMILES string of the molecule is CCn1cnnc1-c1cccc(NC(=O)CSCC(=O)Nc2ccc(OC)cc2)c1. The van der Waals surface area contributed by atoms with Crippen LogP contribution in [-0.4, -0.2) is 45.2 Å². The van der Waals surface area contributed by atoms with Gasteiger partial charge in [-0.05, 0) is 43.3 Å². The highest BCUT2D eigenvalue weighted by Gasteiger charge is 2.10. The third-order valence-corrected chi connectivity index (χ3v) is 5.13. The Kier molecular flexibility index (Phi) is 7.45. The van der Waals surface area contributed by atoms with Crippen LogP contribution in [0.3, 0.4) is 0 Å². The maximum absolute atomic E-state index is 12.2. The van der Waals surface area contributed by atoms with E-state index in [9.17, 15) is 9.59 Å². The standard InChI is InChI=1S/C21H23N5O3S/c1-3-26-14-22-25-21(26)15-5-4-6-17(11-15)24-20(28)13-30-12-19(27)23-16-7-9-18(29-2)10-8-16/h4-11,14H,3,12-13H2,1-2H3,(H,23,27)(H,24,28). The van der Waals surface area contributed by atoms with Gasteiger partial charge in [0.1, 0.15) is 12.1 Å². The number of ether oxygens (including phenoxy) is 1. The molecule has 2 aromatic carbocycles. The van der Waals surface area contributed by atoms with Crippen LogP contribution < -0.4 is 15.4 Å². The molecule has 0 saturated carbocycles. The van der Waals surface area contributed by atoms with E-state index in [1.54, 1.807) is 37.7 Å². The summed E-state index contributed by atoms with van der Waals surface area (Å²) in [5, 5.41) is 13.7. The molecule has 0 fully saturated rings. The highest BCUT2D eigenvalue weighted by molar-refractivity contribution is 8.00. The number of anilines is 2. The fourth-order valence-corrected chi connectivity index (χ4v) is 3.37. The topological polar surface area (TPSA) is 98.1 Å². The van der Waals surface area contributed by atoms with Crippen LogP contribution in [0.4, 0.5) is 11.4 Å². The number of thioether (sulfide) groups is 1. The molecule has 30 heavy (non-hydrogen) atoms. The van der Waals surface area contributed by atoms with E-state index in [1.165, 1.54) is 11.8 Å². The van der Waals surface area contributed by atoms with Crippen molar-refractivity contribution >= 4 is 35.0 Å². The van der Waals surface area contributed by atoms with E-state index < -0.39 is 0 Å². The number of nitrogens with one attached hydrogen (secondary N) is 2. The predicted octanol–water partition coefficient (Wildman–Crippen LogP) is 3.28. The largest absolute Gasteiger partial charge is 0.497 e. The van der Waals surface area contributed by atoms with Gasteiger partial charge in [0, 0.05) is 23.5 Å². The number of amides is 2. The molecule has 0 unspecified atom stereocenters. The van der Waals surface area contributed by atoms with E-state index in [1.807, 2.05) is 35.8 Å². The molecule has 156 valence electrons. The molecule has 0 aliphatic carbocycles. The first kappa shape index (κ1) is 21.4. The minimum atomic E-state index is -0.175. The van der Waals surface area contributed by atoms with E-state index in [0.29, 0.717) is 11.4 Å². The van der Waals surface area contributed by atoms with Crippen molar-refractivity contribution in [3.8, 4) is 17.1 Å². The van der Waals surface area contributed by atoms with Gasteiger partial charge in [-0.1, -0.05) is 12.1 Å². The summed E-state index contributed by atoms with van der Waals surface area (Å²) in [6.07, 6.45) is 1.67. The number of carbonyl (C=O) groups excluding carboxylic acids is 2. The number of rotatable bonds is 9. The second kappa shape index (κ2) is 10.4. The van der Waals surface area contributed by atoms with Crippen molar-refractivity contribution in [3.63, 3.8) is 0 Å². The molecule has 0 saturated heterocycles. The molecule has 0 radical (unpaired) electrons. The lowest BCUT2D eigenvalue weighted by Gasteiger charge is -2.08. The third kappa shape index (κ3) is 5.84. The molecule has 0 spiro atoms. The van der Waals surface area contributed by atoms with Crippen molar-refractivity contribution in [2.24, 2.45) is 0 Å². The van der Waals surface area contributed by atoms with Crippen molar-refractivity contribution in [1.82, 2.24) is 14.8 Å². The van der Waals surface area contributed by atoms with Gasteiger partial charge in [-0.2, -0.15) is 0 Å². The molecule has 0 aliphatic rings. The normalized spacial score (nSPS) is 10.5. The zero-order chi connectivity index (χ0) is 21.3. The van der Waals surface area contributed by atoms with E-state index in [2.05, 4.69) is 20.8 Å². The fourth-order valence-electron chi connectivity index (χ4n) is 2.75. The summed E-state index contributed by atoms with van der Waals surface area (Å²) >= 11 is 1.25. The number of aromatic nitrogens is 3. The molecule has 0 aliphatic heterocycles. The van der Waals surface area contributed by atoms with Crippen LogP contribution in [0.1, 0.15) is 6.92 Å². The van der Waals surface area contributed by atoms with Crippen molar-refractivity contribution in [1.29, 1.82) is 0 Å². The summed E-state index contributed by atoms with van der Waals surface area (Å²) in [7, 11) is 1.59. The Bertz CT molecular complexity index is 1000. The van der Waals surface area contributed by atoms with Crippen LogP contribution in [0.5, 0.6) is 5.75 Å². The molecule has 0 bridgehead atoms. The summed E-state index contributed by atoms with van der Waals surface area (Å²) in [4.78, 5) is 24.3. The highest BCUT2D eigenvalue weighted by Crippen LogP contribution is 2.21. The Morgan fingerprint density at radius 1 is 1.03 bits per heavy atom. The molecule has 1 heterocycles. The first-order valence-electron chi connectivity index (χ1n) is 9.38. The van der Waals surface area contributed by atoms with Crippen molar-refractivity contribution in [3.05, 3.63) is 54.9 Å². The molecule has 3 rings (SSSR count). The molecular weight excluding hydrogens is 402 g/mol. The zero-order valence-electron chi connectivity index (χ0n) is 16.8. The Labute approximate surface area is 179 Å². The number of methoxy groups -OCH3 is 1. The Hall–Kier alpha value is -3.33. The van der Waals surface area contributed by atoms with E-state index in [-0.39, 0.29) is 23.3 Å². The lowest BCUT2D eigenvalue weighted by molar-refractivity contribution is -0.114. The van der Waals surface area contributed by atoms with Gasteiger partial charge in [0.15, 0.2) is 5.82 Å². The van der Waals surface area contributed by atoms with Crippen molar-refractivity contribution < 1.29 is 14.3 Å². The average molecular weight is 426 g/mol. The quantitative estimate of drug-likeness (QED) is 0.546. The maximum Gasteiger partial charge on any atom is 0.234 e. The molecule has 2 amide bonds. The summed E-state index contributed by atoms with van der Waals surface area (Å²) in [6.45, 7) is 2.77. The predicted molar refractivity (Wildman–Crippen MR) is 119 cm³/mol. The second-order valence-corrected chi connectivity index (χ2v) is 7.32. The van der Waals surface area contributed by atoms with Gasteiger partial charge >= 0.3 is 0 Å². The van der Waals surface area contributed by atoms with E-state index >= 15 is 0 Å². The minimum absolute atomic E-state index is 0.168. The summed E-state index contributed by atoms with van der Waals surface area (Å²) in [5.74, 6) is 1.48. The minimum Gasteiger partial charge on any atom is -0.497 e. The number of hydrogen-bond acceptors (Lipinski definition) is 6. The third-order valence-electron chi connectivity index (χ3n) is 4.20. The summed E-state index contributed by atoms with van der Waals surface area (Å²) in [6, 6.07) is 14.5. The first-order chi connectivity index (χ1) is 14.6. The van der Waals surface area contributed by atoms with Crippen LogP contribution in [0.2, 0.25) is 0 Å². The van der Waals surface area contributed by atoms with Crippen LogP contribution in [0.25, 0.3) is 11.4 Å². The van der Waals surface area contributed by atoms with Gasteiger partial charge in [0.2, 0.25) is 11.8 Å². The van der Waals surface area contributed by atoms with Gasteiger partial charge in [-0.25, -0.2) is 0 Å². The van der Waals surface area contributed by atoms with E-state index in [0.717, 1.165) is 23.7 Å².